The molecule has 0 aromatic carbocycles. The fourth-order valence-corrected chi connectivity index (χ4v) is 1.14. The topological polar surface area (TPSA) is 38.3 Å². The number of hydrogen-bond donors (Lipinski definition) is 1. The van der Waals surface area contributed by atoms with Gasteiger partial charge in [-0.3, -0.25) is 0 Å². The van der Waals surface area contributed by atoms with Crippen LogP contribution in [0.5, 0.6) is 0 Å². The number of carbonyl (C=O) groups is 1. The van der Waals surface area contributed by atoms with Gasteiger partial charge in [0.15, 0.2) is 0 Å². The van der Waals surface area contributed by atoms with Crippen LogP contribution in [0.25, 0.3) is 0 Å². The number of nitrogens with one attached hydrogen (secondary N) is 1. The third-order valence-corrected chi connectivity index (χ3v) is 1.85. The van der Waals surface area contributed by atoms with Gasteiger partial charge in [-0.15, -0.1) is 0 Å². The molecule has 1 atom stereocenters. The van der Waals surface area contributed by atoms with Crippen molar-refractivity contribution in [2.45, 2.75) is 18.9 Å². The molecule has 1 saturated heterocycles. The summed E-state index contributed by atoms with van der Waals surface area (Å²) in [5.41, 5.74) is 0. The van der Waals surface area contributed by atoms with E-state index in [9.17, 15) is 4.79 Å². The van der Waals surface area contributed by atoms with E-state index < -0.39 is 0 Å². The van der Waals surface area contributed by atoms with Crippen LogP contribution < -0.4 is 5.32 Å². The third kappa shape index (κ3) is 0.866. The highest BCUT2D eigenvalue weighted by Crippen LogP contribution is 2.35. The zero-order valence-corrected chi connectivity index (χ0v) is 5.09. The second-order valence-corrected chi connectivity index (χ2v) is 2.66. The molecule has 1 amide bonds. The van der Waals surface area contributed by atoms with Gasteiger partial charge in [0.1, 0.15) is 6.10 Å². The molecule has 0 aromatic rings. The predicted octanol–water partition coefficient (Wildman–Crippen LogP) is 0.505. The first-order valence-corrected chi connectivity index (χ1v) is 3.31. The van der Waals surface area contributed by atoms with Crippen molar-refractivity contribution >= 4 is 6.09 Å². The Hall–Kier alpha value is -0.730. The van der Waals surface area contributed by atoms with Crippen molar-refractivity contribution in [3.8, 4) is 0 Å². The monoisotopic (exact) mass is 127 g/mol. The lowest BCUT2D eigenvalue weighted by Crippen LogP contribution is -2.16. The van der Waals surface area contributed by atoms with Crippen LogP contribution in [0, 0.1) is 5.92 Å². The fourth-order valence-electron chi connectivity index (χ4n) is 1.14. The average Bonchev–Trinajstić information content (AvgIpc) is 2.58. The average molecular weight is 127 g/mol. The summed E-state index contributed by atoms with van der Waals surface area (Å²) in [5, 5.41) is 2.63. The summed E-state index contributed by atoms with van der Waals surface area (Å²) in [6.45, 7) is 0.726. The summed E-state index contributed by atoms with van der Waals surface area (Å²) in [6, 6.07) is 0. The maximum Gasteiger partial charge on any atom is 0.407 e. The van der Waals surface area contributed by atoms with Crippen molar-refractivity contribution < 1.29 is 9.53 Å². The number of cyclic esters (lactones) is 1. The van der Waals surface area contributed by atoms with E-state index in [1.165, 1.54) is 12.8 Å². The molecule has 9 heavy (non-hydrogen) atoms. The minimum Gasteiger partial charge on any atom is -0.444 e. The van der Waals surface area contributed by atoms with Crippen LogP contribution in [0.1, 0.15) is 12.8 Å². The van der Waals surface area contributed by atoms with Crippen molar-refractivity contribution in [2.24, 2.45) is 5.92 Å². The lowest BCUT2D eigenvalue weighted by atomic mass is 10.2. The predicted molar refractivity (Wildman–Crippen MR) is 31.0 cm³/mol. The Morgan fingerprint density at radius 3 is 2.78 bits per heavy atom. The van der Waals surface area contributed by atoms with Crippen molar-refractivity contribution in [1.29, 1.82) is 0 Å². The highest BCUT2D eigenvalue weighted by atomic mass is 16.6. The summed E-state index contributed by atoms with van der Waals surface area (Å²) in [5.74, 6) is 0.670. The van der Waals surface area contributed by atoms with E-state index >= 15 is 0 Å². The minimum atomic E-state index is -0.244. The quantitative estimate of drug-likeness (QED) is 0.557. The first-order chi connectivity index (χ1) is 4.36. The van der Waals surface area contributed by atoms with Crippen LogP contribution in [-0.2, 0) is 4.74 Å². The molecule has 0 aromatic heterocycles. The number of carbonyl (C=O) groups excluding carboxylic acids is 1. The second-order valence-electron chi connectivity index (χ2n) is 2.66. The molecule has 1 aliphatic heterocycles. The smallest absolute Gasteiger partial charge is 0.407 e. The highest BCUT2D eigenvalue weighted by molar-refractivity contribution is 5.69. The molecule has 2 fully saturated rings. The van der Waals surface area contributed by atoms with Crippen molar-refractivity contribution in [1.82, 2.24) is 5.32 Å². The molecule has 2 aliphatic rings. The Morgan fingerprint density at radius 1 is 1.56 bits per heavy atom. The van der Waals surface area contributed by atoms with Crippen molar-refractivity contribution in [3.63, 3.8) is 0 Å². The summed E-state index contributed by atoms with van der Waals surface area (Å²) >= 11 is 0. The highest BCUT2D eigenvalue weighted by Gasteiger charge is 2.37. The second kappa shape index (κ2) is 1.62. The van der Waals surface area contributed by atoms with E-state index in [4.69, 9.17) is 4.74 Å². The summed E-state index contributed by atoms with van der Waals surface area (Å²) in [7, 11) is 0. The summed E-state index contributed by atoms with van der Waals surface area (Å²) in [6.07, 6.45) is 2.42. The molecule has 50 valence electrons. The molecule has 1 aliphatic carbocycles. The van der Waals surface area contributed by atoms with Gasteiger partial charge in [-0.2, -0.15) is 0 Å². The first-order valence-electron chi connectivity index (χ1n) is 3.31. The van der Waals surface area contributed by atoms with E-state index in [1.807, 2.05) is 0 Å². The lowest BCUT2D eigenvalue weighted by Gasteiger charge is -2.01. The lowest BCUT2D eigenvalue weighted by molar-refractivity contribution is 0.129. The van der Waals surface area contributed by atoms with Crippen LogP contribution in [0.15, 0.2) is 0 Å². The normalized spacial score (nSPS) is 33.8. The Bertz CT molecular complexity index is 142. The molecule has 3 nitrogen and oxygen atoms in total. The van der Waals surface area contributed by atoms with Gasteiger partial charge in [-0.1, -0.05) is 0 Å². The third-order valence-electron chi connectivity index (χ3n) is 1.85. The molecular formula is C6H9NO2. The van der Waals surface area contributed by atoms with Gasteiger partial charge in [0.2, 0.25) is 0 Å². The van der Waals surface area contributed by atoms with Gasteiger partial charge in [0.05, 0.1) is 6.54 Å². The number of alkyl carbamates (subject to hydrolysis) is 1. The van der Waals surface area contributed by atoms with Gasteiger partial charge >= 0.3 is 6.09 Å². The van der Waals surface area contributed by atoms with Crippen LogP contribution in [0.4, 0.5) is 4.79 Å². The largest absolute Gasteiger partial charge is 0.444 e. The van der Waals surface area contributed by atoms with E-state index in [1.54, 1.807) is 0 Å². The Morgan fingerprint density at radius 2 is 2.33 bits per heavy atom. The van der Waals surface area contributed by atoms with Crippen molar-refractivity contribution in [2.75, 3.05) is 6.54 Å². The van der Waals surface area contributed by atoms with E-state index in [-0.39, 0.29) is 12.2 Å². The van der Waals surface area contributed by atoms with Crippen LogP contribution in [-0.4, -0.2) is 18.7 Å². The van der Waals surface area contributed by atoms with Crippen molar-refractivity contribution in [3.05, 3.63) is 0 Å². The Kier molecular flexibility index (Phi) is 0.917. The zero-order valence-electron chi connectivity index (χ0n) is 5.09. The van der Waals surface area contributed by atoms with Gasteiger partial charge in [-0.25, -0.2) is 4.79 Å². The number of ether oxygens (including phenoxy) is 1. The Labute approximate surface area is 53.4 Å². The minimum absolute atomic E-state index is 0.192. The molecule has 1 N–H and O–H groups in total. The molecule has 1 saturated carbocycles. The summed E-state index contributed by atoms with van der Waals surface area (Å²) in [4.78, 5) is 10.5. The SMILES string of the molecule is O=C1NCC(C2CC2)O1. The van der Waals surface area contributed by atoms with Crippen LogP contribution >= 0.6 is 0 Å². The number of amides is 1. The number of hydrogen-bond acceptors (Lipinski definition) is 2. The Balaban J connectivity index is 1.92. The fraction of sp³-hybridized carbons (Fsp3) is 0.833. The molecule has 3 heteroatoms. The van der Waals surface area contributed by atoms with Gasteiger partial charge < -0.3 is 10.1 Å². The van der Waals surface area contributed by atoms with E-state index in [0.717, 1.165) is 6.54 Å². The first kappa shape index (κ1) is 5.09. The maximum absolute atomic E-state index is 10.5. The van der Waals surface area contributed by atoms with Crippen LogP contribution in [0.2, 0.25) is 0 Å². The zero-order chi connectivity index (χ0) is 6.27. The molecule has 1 heterocycles. The van der Waals surface area contributed by atoms with E-state index in [0.29, 0.717) is 5.92 Å². The van der Waals surface area contributed by atoms with Crippen LogP contribution in [0.3, 0.4) is 0 Å². The van der Waals surface area contributed by atoms with Gasteiger partial charge in [0.25, 0.3) is 0 Å². The molecule has 1 unspecified atom stereocenters. The molecule has 0 spiro atoms. The molecule has 2 rings (SSSR count). The van der Waals surface area contributed by atoms with Gasteiger partial charge in [0, 0.05) is 0 Å². The number of rotatable bonds is 1. The standard InChI is InChI=1S/C6H9NO2/c8-6-7-3-5(9-6)4-1-2-4/h4-5H,1-3H2,(H,7,8). The van der Waals surface area contributed by atoms with Gasteiger partial charge in [-0.05, 0) is 18.8 Å². The molecule has 0 bridgehead atoms. The molecular weight excluding hydrogens is 118 g/mol. The van der Waals surface area contributed by atoms with E-state index in [2.05, 4.69) is 5.32 Å². The maximum atomic E-state index is 10.5. The summed E-state index contributed by atoms with van der Waals surface area (Å²) < 4.78 is 4.94. The molecule has 0 radical (unpaired) electrons.